The first-order valence-electron chi connectivity index (χ1n) is 12.3. The number of hydrogen-bond donors (Lipinski definition) is 2. The molecule has 10 heteroatoms. The SMILES string of the molecule is Cn1cnnc1SCC1CC(c2ccc(CO)cc2)OC(c2ccc(CNC(=O)c3cccnc3)cc2)O1. The van der Waals surface area contributed by atoms with Gasteiger partial charge in [0.05, 0.1) is 24.4 Å². The third kappa shape index (κ3) is 6.46. The number of nitrogens with one attached hydrogen (secondary N) is 1. The van der Waals surface area contributed by atoms with Crippen LogP contribution < -0.4 is 5.32 Å². The molecule has 2 N–H and O–H groups in total. The fraction of sp³-hybridized carbons (Fsp3) is 0.286. The monoisotopic (exact) mass is 531 g/mol. The van der Waals surface area contributed by atoms with Gasteiger partial charge in [0.2, 0.25) is 0 Å². The normalized spacial score (nSPS) is 19.3. The third-order valence-electron chi connectivity index (χ3n) is 6.31. The fourth-order valence-electron chi connectivity index (χ4n) is 4.17. The van der Waals surface area contributed by atoms with Gasteiger partial charge in [-0.25, -0.2) is 0 Å². The van der Waals surface area contributed by atoms with Gasteiger partial charge in [-0.15, -0.1) is 10.2 Å². The lowest BCUT2D eigenvalue weighted by Crippen LogP contribution is -2.31. The molecule has 5 rings (SSSR count). The predicted molar refractivity (Wildman–Crippen MR) is 142 cm³/mol. The first kappa shape index (κ1) is 26.1. The number of aryl methyl sites for hydroxylation is 1. The van der Waals surface area contributed by atoms with Gasteiger partial charge >= 0.3 is 0 Å². The van der Waals surface area contributed by atoms with Crippen LogP contribution in [0.1, 0.15) is 51.4 Å². The molecule has 3 atom stereocenters. The maximum Gasteiger partial charge on any atom is 0.253 e. The number of hydrogen-bond acceptors (Lipinski definition) is 8. The van der Waals surface area contributed by atoms with Gasteiger partial charge in [-0.05, 0) is 28.8 Å². The van der Waals surface area contributed by atoms with E-state index in [1.165, 1.54) is 0 Å². The third-order valence-corrected chi connectivity index (χ3v) is 7.48. The summed E-state index contributed by atoms with van der Waals surface area (Å²) in [5, 5.41) is 21.3. The van der Waals surface area contributed by atoms with Crippen LogP contribution in [-0.2, 0) is 29.7 Å². The number of pyridine rings is 1. The van der Waals surface area contributed by atoms with E-state index in [0.717, 1.165) is 27.4 Å². The molecule has 0 radical (unpaired) electrons. The Balaban J connectivity index is 1.27. The minimum atomic E-state index is -0.546. The van der Waals surface area contributed by atoms with Gasteiger partial charge in [0, 0.05) is 43.7 Å². The molecule has 0 spiro atoms. The summed E-state index contributed by atoms with van der Waals surface area (Å²) in [4.78, 5) is 16.3. The standard InChI is InChI=1S/C28H29N5O4S/c1-33-18-31-32-28(33)38-17-24-13-25(21-8-6-20(16-34)7-9-21)37-27(36-24)22-10-4-19(5-11-22)14-30-26(35)23-3-2-12-29-15-23/h2-12,15,18,24-25,27,34H,13-14,16-17H2,1H3,(H,30,35). The highest BCUT2D eigenvalue weighted by molar-refractivity contribution is 7.99. The molecule has 38 heavy (non-hydrogen) atoms. The molecule has 0 aliphatic carbocycles. The van der Waals surface area contributed by atoms with Gasteiger partial charge in [-0.1, -0.05) is 60.3 Å². The molecule has 0 bridgehead atoms. The summed E-state index contributed by atoms with van der Waals surface area (Å²) in [7, 11) is 1.92. The lowest BCUT2D eigenvalue weighted by Gasteiger charge is -2.36. The van der Waals surface area contributed by atoms with Crippen molar-refractivity contribution >= 4 is 17.7 Å². The van der Waals surface area contributed by atoms with Gasteiger partial charge in [0.15, 0.2) is 11.4 Å². The summed E-state index contributed by atoms with van der Waals surface area (Å²) in [5.74, 6) is 0.537. The van der Waals surface area contributed by atoms with Crippen molar-refractivity contribution in [3.8, 4) is 0 Å². The maximum absolute atomic E-state index is 12.3. The van der Waals surface area contributed by atoms with Crippen molar-refractivity contribution in [1.29, 1.82) is 0 Å². The van der Waals surface area contributed by atoms with Crippen LogP contribution in [0.25, 0.3) is 0 Å². The van der Waals surface area contributed by atoms with E-state index in [1.807, 2.05) is 60.1 Å². The second-order valence-corrected chi connectivity index (χ2v) is 10.0. The Morgan fingerprint density at radius 3 is 2.53 bits per heavy atom. The molecule has 1 amide bonds. The Morgan fingerprint density at radius 1 is 1.08 bits per heavy atom. The van der Waals surface area contributed by atoms with E-state index in [0.29, 0.717) is 24.3 Å². The van der Waals surface area contributed by atoms with Crippen molar-refractivity contribution in [1.82, 2.24) is 25.1 Å². The van der Waals surface area contributed by atoms with E-state index in [9.17, 15) is 9.90 Å². The van der Waals surface area contributed by atoms with Crippen molar-refractivity contribution in [2.45, 2.75) is 43.2 Å². The molecule has 3 unspecified atom stereocenters. The van der Waals surface area contributed by atoms with Crippen LogP contribution in [0.2, 0.25) is 0 Å². The van der Waals surface area contributed by atoms with Gasteiger partial charge in [0.25, 0.3) is 5.91 Å². The average molecular weight is 532 g/mol. The Bertz CT molecular complexity index is 1330. The number of aromatic nitrogens is 4. The molecule has 1 aliphatic rings. The Morgan fingerprint density at radius 2 is 1.84 bits per heavy atom. The molecule has 9 nitrogen and oxygen atoms in total. The minimum absolute atomic E-state index is 0.00352. The Labute approximate surface area is 225 Å². The first-order chi connectivity index (χ1) is 18.6. The average Bonchev–Trinajstić information content (AvgIpc) is 3.39. The number of nitrogens with zero attached hydrogens (tertiary/aromatic N) is 4. The zero-order chi connectivity index (χ0) is 26.3. The number of carbonyl (C=O) groups is 1. The van der Waals surface area contributed by atoms with Crippen LogP contribution >= 0.6 is 11.8 Å². The minimum Gasteiger partial charge on any atom is -0.392 e. The molecule has 2 aromatic heterocycles. The van der Waals surface area contributed by atoms with Crippen LogP contribution in [0, 0.1) is 0 Å². The highest BCUT2D eigenvalue weighted by Crippen LogP contribution is 2.39. The summed E-state index contributed by atoms with van der Waals surface area (Å²) in [6, 6.07) is 19.2. The first-order valence-corrected chi connectivity index (χ1v) is 13.3. The van der Waals surface area contributed by atoms with E-state index < -0.39 is 6.29 Å². The molecular weight excluding hydrogens is 502 g/mol. The lowest BCUT2D eigenvalue weighted by atomic mass is 10.0. The van der Waals surface area contributed by atoms with Gasteiger partial charge in [0.1, 0.15) is 6.33 Å². The largest absolute Gasteiger partial charge is 0.392 e. The number of benzene rings is 2. The molecule has 196 valence electrons. The maximum atomic E-state index is 12.3. The number of amides is 1. The number of ether oxygens (including phenoxy) is 2. The zero-order valence-electron chi connectivity index (χ0n) is 20.9. The van der Waals surface area contributed by atoms with Gasteiger partial charge in [-0.2, -0.15) is 0 Å². The molecule has 3 heterocycles. The molecule has 0 saturated carbocycles. The smallest absolute Gasteiger partial charge is 0.253 e. The van der Waals surface area contributed by atoms with E-state index >= 15 is 0 Å². The number of carbonyl (C=O) groups excluding carboxylic acids is 1. The lowest BCUT2D eigenvalue weighted by molar-refractivity contribution is -0.245. The number of aliphatic hydroxyl groups is 1. The van der Waals surface area contributed by atoms with Crippen LogP contribution in [-0.4, -0.2) is 42.6 Å². The zero-order valence-corrected chi connectivity index (χ0v) is 21.8. The van der Waals surface area contributed by atoms with E-state index in [4.69, 9.17) is 9.47 Å². The highest BCUT2D eigenvalue weighted by atomic mass is 32.2. The summed E-state index contributed by atoms with van der Waals surface area (Å²) in [5.41, 5.74) is 4.29. The Hall–Kier alpha value is -3.57. The molecule has 2 aromatic carbocycles. The summed E-state index contributed by atoms with van der Waals surface area (Å²) in [6.07, 6.45) is 4.78. The molecule has 1 fully saturated rings. The van der Waals surface area contributed by atoms with E-state index in [-0.39, 0.29) is 24.7 Å². The fourth-order valence-corrected chi connectivity index (χ4v) is 5.07. The van der Waals surface area contributed by atoms with Crippen molar-refractivity contribution in [2.75, 3.05) is 5.75 Å². The van der Waals surface area contributed by atoms with Crippen molar-refractivity contribution < 1.29 is 19.4 Å². The highest BCUT2D eigenvalue weighted by Gasteiger charge is 2.32. The van der Waals surface area contributed by atoms with Crippen LogP contribution in [0.5, 0.6) is 0 Å². The molecule has 1 saturated heterocycles. The second kappa shape index (κ2) is 12.3. The van der Waals surface area contributed by atoms with Gasteiger partial charge in [-0.3, -0.25) is 9.78 Å². The topological polar surface area (TPSA) is 111 Å². The van der Waals surface area contributed by atoms with Crippen molar-refractivity contribution in [3.05, 3.63) is 107 Å². The van der Waals surface area contributed by atoms with Gasteiger partial charge < -0.3 is 24.5 Å². The quantitative estimate of drug-likeness (QED) is 0.312. The molecular formula is C28H29N5O4S. The summed E-state index contributed by atoms with van der Waals surface area (Å²) >= 11 is 1.60. The summed E-state index contributed by atoms with van der Waals surface area (Å²) in [6.45, 7) is 0.404. The van der Waals surface area contributed by atoms with Crippen molar-refractivity contribution in [3.63, 3.8) is 0 Å². The summed E-state index contributed by atoms with van der Waals surface area (Å²) < 4.78 is 14.7. The van der Waals surface area contributed by atoms with Crippen LogP contribution in [0.4, 0.5) is 0 Å². The predicted octanol–water partition coefficient (Wildman–Crippen LogP) is 3.97. The Kier molecular flexibility index (Phi) is 8.44. The molecule has 4 aromatic rings. The van der Waals surface area contributed by atoms with Crippen molar-refractivity contribution in [2.24, 2.45) is 7.05 Å². The molecule has 1 aliphatic heterocycles. The number of thioether (sulfide) groups is 1. The number of rotatable bonds is 9. The van der Waals surface area contributed by atoms with Crippen LogP contribution in [0.3, 0.4) is 0 Å². The van der Waals surface area contributed by atoms with E-state index in [1.54, 1.807) is 42.6 Å². The van der Waals surface area contributed by atoms with Crippen LogP contribution in [0.15, 0.2) is 84.5 Å². The number of aliphatic hydroxyl groups excluding tert-OH is 1. The van der Waals surface area contributed by atoms with E-state index in [2.05, 4.69) is 20.5 Å². The second-order valence-electron chi connectivity index (χ2n) is 9.05.